The van der Waals surface area contributed by atoms with E-state index in [1.807, 2.05) is 18.2 Å². The summed E-state index contributed by atoms with van der Waals surface area (Å²) in [7, 11) is 0. The zero-order chi connectivity index (χ0) is 14.8. The van der Waals surface area contributed by atoms with Crippen molar-refractivity contribution in [3.05, 3.63) is 70.0 Å². The van der Waals surface area contributed by atoms with Crippen LogP contribution in [-0.2, 0) is 0 Å². The molecule has 1 unspecified atom stereocenters. The zero-order valence-corrected chi connectivity index (χ0v) is 12.2. The standard InChI is InChI=1S/C15H10Cl2N2O2/c16-11-6-10(7-12(17)8-11)14-18-15(21-19-14)13(20)9-4-2-1-3-5-9/h1-8,13,20H. The summed E-state index contributed by atoms with van der Waals surface area (Å²) in [6.45, 7) is 0. The van der Waals surface area contributed by atoms with Gasteiger partial charge in [0.2, 0.25) is 5.82 Å². The van der Waals surface area contributed by atoms with Crippen molar-refractivity contribution in [2.24, 2.45) is 0 Å². The van der Waals surface area contributed by atoms with Crippen LogP contribution in [0.25, 0.3) is 11.4 Å². The molecule has 3 rings (SSSR count). The minimum absolute atomic E-state index is 0.118. The highest BCUT2D eigenvalue weighted by Gasteiger charge is 2.18. The number of aliphatic hydroxyl groups is 1. The average molecular weight is 321 g/mol. The minimum atomic E-state index is -0.970. The van der Waals surface area contributed by atoms with Crippen LogP contribution >= 0.6 is 23.2 Å². The number of aliphatic hydroxyl groups excluding tert-OH is 1. The molecular formula is C15H10Cl2N2O2. The summed E-state index contributed by atoms with van der Waals surface area (Å²) < 4.78 is 5.12. The molecular weight excluding hydrogens is 311 g/mol. The Kier molecular flexibility index (Phi) is 3.92. The van der Waals surface area contributed by atoms with Gasteiger partial charge in [-0.25, -0.2) is 0 Å². The molecule has 1 N–H and O–H groups in total. The second-order valence-corrected chi connectivity index (χ2v) is 5.30. The molecule has 0 aliphatic carbocycles. The molecule has 0 bridgehead atoms. The second-order valence-electron chi connectivity index (χ2n) is 4.43. The van der Waals surface area contributed by atoms with Gasteiger partial charge in [0.1, 0.15) is 0 Å². The van der Waals surface area contributed by atoms with E-state index < -0.39 is 6.10 Å². The number of nitrogens with zero attached hydrogens (tertiary/aromatic N) is 2. The molecule has 0 radical (unpaired) electrons. The predicted molar refractivity (Wildman–Crippen MR) is 80.3 cm³/mol. The molecule has 0 aliphatic heterocycles. The first-order chi connectivity index (χ1) is 10.1. The van der Waals surface area contributed by atoms with Crippen molar-refractivity contribution < 1.29 is 9.63 Å². The van der Waals surface area contributed by atoms with Crippen LogP contribution in [0.3, 0.4) is 0 Å². The fourth-order valence-corrected chi connectivity index (χ4v) is 2.45. The van der Waals surface area contributed by atoms with Gasteiger partial charge in [0, 0.05) is 15.6 Å². The monoisotopic (exact) mass is 320 g/mol. The van der Waals surface area contributed by atoms with Crippen LogP contribution in [0.1, 0.15) is 17.6 Å². The summed E-state index contributed by atoms with van der Waals surface area (Å²) in [6, 6.07) is 14.1. The molecule has 0 amide bonds. The van der Waals surface area contributed by atoms with E-state index in [-0.39, 0.29) is 5.89 Å². The minimum Gasteiger partial charge on any atom is -0.378 e. The molecule has 0 spiro atoms. The number of hydrogen-bond donors (Lipinski definition) is 1. The molecule has 3 aromatic rings. The van der Waals surface area contributed by atoms with Gasteiger partial charge in [0.15, 0.2) is 6.10 Å². The molecule has 0 fully saturated rings. The van der Waals surface area contributed by atoms with Crippen molar-refractivity contribution in [1.29, 1.82) is 0 Å². The van der Waals surface area contributed by atoms with Gasteiger partial charge in [-0.1, -0.05) is 58.7 Å². The molecule has 0 aliphatic rings. The van der Waals surface area contributed by atoms with Gasteiger partial charge >= 0.3 is 0 Å². The number of benzene rings is 2. The Morgan fingerprint density at radius 3 is 2.33 bits per heavy atom. The summed E-state index contributed by atoms with van der Waals surface area (Å²) >= 11 is 11.9. The van der Waals surface area contributed by atoms with Gasteiger partial charge in [-0.15, -0.1) is 0 Å². The lowest BCUT2D eigenvalue weighted by Gasteiger charge is -2.04. The largest absolute Gasteiger partial charge is 0.378 e. The molecule has 0 saturated heterocycles. The van der Waals surface area contributed by atoms with Crippen LogP contribution in [0.2, 0.25) is 10.0 Å². The lowest BCUT2D eigenvalue weighted by molar-refractivity contribution is 0.170. The molecule has 1 heterocycles. The van der Waals surface area contributed by atoms with E-state index in [0.29, 0.717) is 27.0 Å². The Labute approximate surface area is 130 Å². The fraction of sp³-hybridized carbons (Fsp3) is 0.0667. The van der Waals surface area contributed by atoms with E-state index in [9.17, 15) is 5.11 Å². The van der Waals surface area contributed by atoms with Crippen molar-refractivity contribution in [2.75, 3.05) is 0 Å². The lowest BCUT2D eigenvalue weighted by Crippen LogP contribution is -1.99. The van der Waals surface area contributed by atoms with Crippen molar-refractivity contribution in [2.45, 2.75) is 6.10 Å². The molecule has 106 valence electrons. The average Bonchev–Trinajstić information content (AvgIpc) is 2.96. The van der Waals surface area contributed by atoms with Gasteiger partial charge in [-0.05, 0) is 23.8 Å². The third kappa shape index (κ3) is 3.08. The summed E-state index contributed by atoms with van der Waals surface area (Å²) in [4.78, 5) is 4.19. The third-order valence-electron chi connectivity index (χ3n) is 2.91. The predicted octanol–water partition coefficient (Wildman–Crippen LogP) is 4.13. The Hall–Kier alpha value is -1.88. The summed E-state index contributed by atoms with van der Waals surface area (Å²) in [5, 5.41) is 15.0. The molecule has 4 nitrogen and oxygen atoms in total. The van der Waals surface area contributed by atoms with E-state index in [1.165, 1.54) is 0 Å². The highest BCUT2D eigenvalue weighted by molar-refractivity contribution is 6.35. The number of rotatable bonds is 3. The Balaban J connectivity index is 1.93. The first-order valence-corrected chi connectivity index (χ1v) is 6.92. The van der Waals surface area contributed by atoms with Crippen molar-refractivity contribution >= 4 is 23.2 Å². The summed E-state index contributed by atoms with van der Waals surface area (Å²) in [5.74, 6) is 0.441. The van der Waals surface area contributed by atoms with Crippen molar-refractivity contribution in [1.82, 2.24) is 10.1 Å². The Morgan fingerprint density at radius 1 is 1.00 bits per heavy atom. The zero-order valence-electron chi connectivity index (χ0n) is 10.7. The SMILES string of the molecule is OC(c1ccccc1)c1nc(-c2cc(Cl)cc(Cl)c2)no1. The quantitative estimate of drug-likeness (QED) is 0.788. The van der Waals surface area contributed by atoms with Crippen molar-refractivity contribution in [3.63, 3.8) is 0 Å². The number of aromatic nitrogens is 2. The van der Waals surface area contributed by atoms with E-state index >= 15 is 0 Å². The molecule has 2 aromatic carbocycles. The molecule has 0 saturated carbocycles. The molecule has 21 heavy (non-hydrogen) atoms. The highest BCUT2D eigenvalue weighted by Crippen LogP contribution is 2.27. The van der Waals surface area contributed by atoms with Crippen LogP contribution in [-0.4, -0.2) is 15.2 Å². The topological polar surface area (TPSA) is 59.2 Å². The van der Waals surface area contributed by atoms with Gasteiger partial charge in [-0.2, -0.15) is 4.98 Å². The molecule has 1 aromatic heterocycles. The lowest BCUT2D eigenvalue weighted by atomic mass is 10.1. The van der Waals surface area contributed by atoms with E-state index in [0.717, 1.165) is 0 Å². The third-order valence-corrected chi connectivity index (χ3v) is 3.35. The molecule has 6 heteroatoms. The van der Waals surface area contributed by atoms with Crippen LogP contribution in [0, 0.1) is 0 Å². The van der Waals surface area contributed by atoms with Gasteiger partial charge in [-0.3, -0.25) is 0 Å². The number of hydrogen-bond acceptors (Lipinski definition) is 4. The maximum absolute atomic E-state index is 10.2. The van der Waals surface area contributed by atoms with Crippen LogP contribution < -0.4 is 0 Å². The van der Waals surface area contributed by atoms with Gasteiger partial charge in [0.25, 0.3) is 5.89 Å². The Morgan fingerprint density at radius 2 is 1.67 bits per heavy atom. The van der Waals surface area contributed by atoms with E-state index in [4.69, 9.17) is 27.7 Å². The van der Waals surface area contributed by atoms with Gasteiger partial charge in [0.05, 0.1) is 0 Å². The van der Waals surface area contributed by atoms with E-state index in [1.54, 1.807) is 30.3 Å². The van der Waals surface area contributed by atoms with Crippen molar-refractivity contribution in [3.8, 4) is 11.4 Å². The van der Waals surface area contributed by atoms with Gasteiger partial charge < -0.3 is 9.63 Å². The smallest absolute Gasteiger partial charge is 0.260 e. The van der Waals surface area contributed by atoms with Crippen LogP contribution in [0.5, 0.6) is 0 Å². The summed E-state index contributed by atoms with van der Waals surface area (Å²) in [5.41, 5.74) is 1.31. The van der Waals surface area contributed by atoms with Crippen LogP contribution in [0.15, 0.2) is 53.1 Å². The number of halogens is 2. The molecule has 1 atom stereocenters. The maximum atomic E-state index is 10.2. The fourth-order valence-electron chi connectivity index (χ4n) is 1.92. The summed E-state index contributed by atoms with van der Waals surface area (Å²) in [6.07, 6.45) is -0.970. The normalized spacial score (nSPS) is 12.3. The first kappa shape index (κ1) is 14.1. The Bertz CT molecular complexity index is 739. The highest BCUT2D eigenvalue weighted by atomic mass is 35.5. The maximum Gasteiger partial charge on any atom is 0.260 e. The van der Waals surface area contributed by atoms with E-state index in [2.05, 4.69) is 10.1 Å². The second kappa shape index (κ2) is 5.85. The van der Waals surface area contributed by atoms with Crippen LogP contribution in [0.4, 0.5) is 0 Å². The first-order valence-electron chi connectivity index (χ1n) is 6.16.